The second-order valence-electron chi connectivity index (χ2n) is 10.8. The summed E-state index contributed by atoms with van der Waals surface area (Å²) in [7, 11) is 0. The number of rotatable bonds is 9. The van der Waals surface area contributed by atoms with Crippen LogP contribution in [0.25, 0.3) is 5.82 Å². The number of nitrogens with one attached hydrogen (secondary N) is 2. The lowest BCUT2D eigenvalue weighted by Crippen LogP contribution is -2.22. The van der Waals surface area contributed by atoms with Crippen molar-refractivity contribution >= 4 is 17.4 Å². The van der Waals surface area contributed by atoms with Gasteiger partial charge in [-0.15, -0.1) is 0 Å². The number of nitrogens with zero attached hydrogens (tertiary/aromatic N) is 6. The van der Waals surface area contributed by atoms with Crippen molar-refractivity contribution in [3.8, 4) is 11.9 Å². The first kappa shape index (κ1) is 27.2. The average molecular weight is 541 g/mol. The van der Waals surface area contributed by atoms with E-state index in [9.17, 15) is 14.4 Å². The van der Waals surface area contributed by atoms with E-state index in [1.54, 1.807) is 6.20 Å². The highest BCUT2D eigenvalue weighted by atomic mass is 19.1. The Bertz CT molecular complexity index is 1530. The summed E-state index contributed by atoms with van der Waals surface area (Å²) < 4.78 is 14.6. The van der Waals surface area contributed by atoms with Gasteiger partial charge in [-0.25, -0.2) is 19.0 Å². The van der Waals surface area contributed by atoms with Gasteiger partial charge in [-0.1, -0.05) is 13.0 Å². The zero-order chi connectivity index (χ0) is 28.2. The van der Waals surface area contributed by atoms with Crippen LogP contribution >= 0.6 is 0 Å². The fraction of sp³-hybridized carbons (Fsp3) is 0.400. The summed E-state index contributed by atoms with van der Waals surface area (Å²) in [5.74, 6) is 2.16. The van der Waals surface area contributed by atoms with E-state index >= 15 is 0 Å². The molecule has 206 valence electrons. The van der Waals surface area contributed by atoms with Gasteiger partial charge in [-0.3, -0.25) is 9.89 Å². The minimum absolute atomic E-state index is 0.0404. The standard InChI is InChI=1S/C30H33FN8O/c1-18(23-9-11-29(33-15-23)39-17-24(31)16-34-39)4-10-26(40)21-5-7-22(8-6-21)30-25(14-32)19(2)12-27(36-30)35-28-13-20(3)37-38-28/h9,11-13,15-18,21-22H,4-8,10H2,1-3H3,(H2,35,36,37,38)/t18-,21-,22+/m1/s1. The number of aryl methyl sites for hydroxylation is 2. The lowest BCUT2D eigenvalue weighted by molar-refractivity contribution is -0.124. The van der Waals surface area contributed by atoms with Crippen LogP contribution in [0.4, 0.5) is 16.0 Å². The molecule has 0 radical (unpaired) electrons. The van der Waals surface area contributed by atoms with Crippen LogP contribution in [0.5, 0.6) is 0 Å². The Morgan fingerprint density at radius 2 is 2.00 bits per heavy atom. The fourth-order valence-corrected chi connectivity index (χ4v) is 5.48. The van der Waals surface area contributed by atoms with Gasteiger partial charge in [-0.2, -0.15) is 15.5 Å². The van der Waals surface area contributed by atoms with Crippen molar-refractivity contribution in [1.29, 1.82) is 5.26 Å². The first-order chi connectivity index (χ1) is 19.3. The molecule has 2 N–H and O–H groups in total. The molecule has 0 aliphatic heterocycles. The minimum Gasteiger partial charge on any atom is -0.323 e. The van der Waals surface area contributed by atoms with Crippen LogP contribution in [0.1, 0.15) is 85.4 Å². The quantitative estimate of drug-likeness (QED) is 0.259. The number of ketones is 1. The van der Waals surface area contributed by atoms with Gasteiger partial charge in [0, 0.05) is 36.2 Å². The summed E-state index contributed by atoms with van der Waals surface area (Å²) in [5.41, 5.74) is 4.31. The van der Waals surface area contributed by atoms with E-state index in [2.05, 4.69) is 38.6 Å². The number of pyridine rings is 2. The number of anilines is 2. The number of aromatic nitrogens is 6. The van der Waals surface area contributed by atoms with E-state index < -0.39 is 5.82 Å². The summed E-state index contributed by atoms with van der Waals surface area (Å²) >= 11 is 0. The number of halogens is 1. The maximum Gasteiger partial charge on any atom is 0.161 e. The molecule has 4 aromatic rings. The third-order valence-electron chi connectivity index (χ3n) is 7.84. The van der Waals surface area contributed by atoms with Crippen molar-refractivity contribution in [2.45, 2.75) is 71.1 Å². The molecule has 40 heavy (non-hydrogen) atoms. The predicted octanol–water partition coefficient (Wildman–Crippen LogP) is 6.18. The molecule has 4 aromatic heterocycles. The highest BCUT2D eigenvalue weighted by Crippen LogP contribution is 2.39. The molecule has 1 aliphatic carbocycles. The summed E-state index contributed by atoms with van der Waals surface area (Å²) in [4.78, 5) is 22.3. The van der Waals surface area contributed by atoms with Crippen LogP contribution in [0.2, 0.25) is 0 Å². The van der Waals surface area contributed by atoms with Crippen LogP contribution in [-0.4, -0.2) is 35.7 Å². The number of aromatic amines is 1. The number of hydrogen-bond donors (Lipinski definition) is 2. The summed E-state index contributed by atoms with van der Waals surface area (Å²) in [5, 5.41) is 24.2. The Balaban J connectivity index is 1.16. The lowest BCUT2D eigenvalue weighted by Gasteiger charge is -2.28. The van der Waals surface area contributed by atoms with Crippen molar-refractivity contribution in [2.24, 2.45) is 5.92 Å². The molecule has 5 rings (SSSR count). The first-order valence-electron chi connectivity index (χ1n) is 13.7. The molecule has 0 bridgehead atoms. The van der Waals surface area contributed by atoms with Crippen LogP contribution in [0.15, 0.2) is 42.9 Å². The molecule has 9 nitrogen and oxygen atoms in total. The van der Waals surface area contributed by atoms with Gasteiger partial charge in [0.2, 0.25) is 0 Å². The van der Waals surface area contributed by atoms with Crippen molar-refractivity contribution < 1.29 is 9.18 Å². The first-order valence-corrected chi connectivity index (χ1v) is 13.7. The second kappa shape index (κ2) is 11.8. The molecule has 1 fully saturated rings. The number of hydrogen-bond acceptors (Lipinski definition) is 7. The molecule has 0 saturated heterocycles. The molecule has 0 amide bonds. The zero-order valence-corrected chi connectivity index (χ0v) is 23.0. The number of Topliss-reactive ketones (excluding diaryl/α,β-unsaturated/α-hetero) is 1. The van der Waals surface area contributed by atoms with Crippen molar-refractivity contribution in [3.05, 3.63) is 76.8 Å². The average Bonchev–Trinajstić information content (AvgIpc) is 3.58. The molecular formula is C30H33FN8O. The molecule has 0 aromatic carbocycles. The maximum absolute atomic E-state index is 13.2. The largest absolute Gasteiger partial charge is 0.323 e. The maximum atomic E-state index is 13.2. The van der Waals surface area contributed by atoms with Crippen molar-refractivity contribution in [1.82, 2.24) is 29.9 Å². The van der Waals surface area contributed by atoms with E-state index in [0.29, 0.717) is 35.2 Å². The smallest absolute Gasteiger partial charge is 0.161 e. The van der Waals surface area contributed by atoms with Gasteiger partial charge >= 0.3 is 0 Å². The van der Waals surface area contributed by atoms with Crippen LogP contribution in [-0.2, 0) is 4.79 Å². The monoisotopic (exact) mass is 540 g/mol. The number of nitriles is 1. The second-order valence-corrected chi connectivity index (χ2v) is 10.8. The zero-order valence-electron chi connectivity index (χ0n) is 23.0. The molecule has 4 heterocycles. The van der Waals surface area contributed by atoms with Crippen LogP contribution < -0.4 is 5.32 Å². The van der Waals surface area contributed by atoms with Crippen LogP contribution in [0.3, 0.4) is 0 Å². The molecular weight excluding hydrogens is 507 g/mol. The summed E-state index contributed by atoms with van der Waals surface area (Å²) in [6.07, 6.45) is 8.73. The lowest BCUT2D eigenvalue weighted by atomic mass is 9.76. The number of carbonyl (C=O) groups excluding carboxylic acids is 1. The normalized spacial score (nSPS) is 17.8. The Labute approximate surface area is 232 Å². The number of carbonyl (C=O) groups is 1. The van der Waals surface area contributed by atoms with E-state index in [4.69, 9.17) is 4.98 Å². The Morgan fingerprint density at radius 1 is 1.20 bits per heavy atom. The van der Waals surface area contributed by atoms with Gasteiger partial charge in [-0.05, 0) is 75.1 Å². The van der Waals surface area contributed by atoms with Gasteiger partial charge in [0.05, 0.1) is 23.7 Å². The fourth-order valence-electron chi connectivity index (χ4n) is 5.48. The number of H-pyrrole nitrogens is 1. The Hall–Kier alpha value is -4.39. The highest BCUT2D eigenvalue weighted by Gasteiger charge is 2.30. The van der Waals surface area contributed by atoms with Gasteiger partial charge in [0.1, 0.15) is 17.7 Å². The van der Waals surface area contributed by atoms with Gasteiger partial charge < -0.3 is 5.32 Å². The minimum atomic E-state index is -0.408. The van der Waals surface area contributed by atoms with E-state index in [1.165, 1.54) is 10.9 Å². The van der Waals surface area contributed by atoms with E-state index in [-0.39, 0.29) is 17.8 Å². The summed E-state index contributed by atoms with van der Waals surface area (Å²) in [6, 6.07) is 9.90. The third kappa shape index (κ3) is 6.09. The third-order valence-corrected chi connectivity index (χ3v) is 7.84. The molecule has 10 heteroatoms. The predicted molar refractivity (Wildman–Crippen MR) is 149 cm³/mol. The Morgan fingerprint density at radius 3 is 2.62 bits per heavy atom. The molecule has 0 unspecified atom stereocenters. The summed E-state index contributed by atoms with van der Waals surface area (Å²) in [6.45, 7) is 5.96. The van der Waals surface area contributed by atoms with Crippen molar-refractivity contribution in [2.75, 3.05) is 5.32 Å². The molecule has 0 spiro atoms. The molecule has 1 atom stereocenters. The topological polar surface area (TPSA) is 125 Å². The molecule has 1 saturated carbocycles. The van der Waals surface area contributed by atoms with Crippen LogP contribution in [0, 0.1) is 36.9 Å². The van der Waals surface area contributed by atoms with E-state index in [1.807, 2.05) is 38.1 Å². The Kier molecular flexibility index (Phi) is 8.01. The van der Waals surface area contributed by atoms with Gasteiger partial charge in [0.15, 0.2) is 17.5 Å². The van der Waals surface area contributed by atoms with E-state index in [0.717, 1.165) is 60.8 Å². The molecule has 1 aliphatic rings. The highest BCUT2D eigenvalue weighted by molar-refractivity contribution is 5.81. The van der Waals surface area contributed by atoms with Crippen molar-refractivity contribution in [3.63, 3.8) is 0 Å². The van der Waals surface area contributed by atoms with Gasteiger partial charge in [0.25, 0.3) is 0 Å². The SMILES string of the molecule is Cc1cc(Nc2cc(C)c(C#N)c([C@H]3CC[C@@H](C(=O)CC[C@@H](C)c4ccc(-n5cc(F)cn5)nc4)CC3)n2)n[nH]1.